The van der Waals surface area contributed by atoms with Crippen molar-refractivity contribution < 1.29 is 19.0 Å². The summed E-state index contributed by atoms with van der Waals surface area (Å²) in [7, 11) is 6.51. The molecule has 0 bridgehead atoms. The number of hydrogen-bond acceptors (Lipinski definition) is 5. The van der Waals surface area contributed by atoms with E-state index in [9.17, 15) is 4.79 Å². The van der Waals surface area contributed by atoms with Crippen LogP contribution in [0.3, 0.4) is 0 Å². The molecule has 0 aliphatic rings. The number of nitrogens with one attached hydrogen (secondary N) is 2. The molecule has 0 radical (unpaired) electrons. The van der Waals surface area contributed by atoms with Gasteiger partial charge >= 0.3 is 0 Å². The molecule has 0 saturated carbocycles. The van der Waals surface area contributed by atoms with Crippen LogP contribution in [0.5, 0.6) is 17.2 Å². The fourth-order valence-corrected chi connectivity index (χ4v) is 1.87. The highest BCUT2D eigenvalue weighted by molar-refractivity contribution is 5.85. The maximum Gasteiger partial charge on any atom is 0.233 e. The van der Waals surface area contributed by atoms with Gasteiger partial charge in [0.2, 0.25) is 5.91 Å². The number of carbonyl (C=O) groups excluding carboxylic acids is 1. The Morgan fingerprint density at radius 1 is 1.10 bits per heavy atom. The molecule has 0 unspecified atom stereocenters. The summed E-state index contributed by atoms with van der Waals surface area (Å²) in [6, 6.07) is 3.60. The van der Waals surface area contributed by atoms with Gasteiger partial charge in [0.05, 0.1) is 27.9 Å². The summed E-state index contributed by atoms with van der Waals surface area (Å²) in [4.78, 5) is 11.4. The molecular formula is C14H23ClN2O4. The van der Waals surface area contributed by atoms with Crippen LogP contribution in [0.4, 0.5) is 0 Å². The molecule has 1 amide bonds. The second-order valence-electron chi connectivity index (χ2n) is 4.14. The number of halogens is 1. The van der Waals surface area contributed by atoms with Gasteiger partial charge in [-0.05, 0) is 13.5 Å². The Balaban J connectivity index is 0.00000400. The quantitative estimate of drug-likeness (QED) is 0.749. The van der Waals surface area contributed by atoms with Crippen molar-refractivity contribution in [3.63, 3.8) is 0 Å². The molecule has 0 fully saturated rings. The minimum atomic E-state index is -0.0426. The lowest BCUT2D eigenvalue weighted by Gasteiger charge is -2.15. The lowest BCUT2D eigenvalue weighted by molar-refractivity contribution is -0.120. The van der Waals surface area contributed by atoms with Gasteiger partial charge in [-0.15, -0.1) is 12.4 Å². The van der Waals surface area contributed by atoms with E-state index < -0.39 is 0 Å². The Labute approximate surface area is 131 Å². The lowest BCUT2D eigenvalue weighted by atomic mass is 10.1. The summed E-state index contributed by atoms with van der Waals surface area (Å²) in [5.41, 5.74) is 0.903. The van der Waals surface area contributed by atoms with Crippen molar-refractivity contribution in [2.45, 2.75) is 6.42 Å². The fraction of sp³-hybridized carbons (Fsp3) is 0.500. The number of amides is 1. The summed E-state index contributed by atoms with van der Waals surface area (Å²) in [5.74, 6) is 1.99. The number of methoxy groups -OCH3 is 3. The average molecular weight is 319 g/mol. The number of rotatable bonds is 8. The molecular weight excluding hydrogens is 296 g/mol. The molecule has 0 spiro atoms. The van der Waals surface area contributed by atoms with E-state index in [1.807, 2.05) is 0 Å². The first-order valence-corrected chi connectivity index (χ1v) is 6.36. The van der Waals surface area contributed by atoms with E-state index in [0.29, 0.717) is 36.8 Å². The zero-order valence-electron chi connectivity index (χ0n) is 12.8. The topological polar surface area (TPSA) is 68.8 Å². The third-order valence-corrected chi connectivity index (χ3v) is 2.85. The van der Waals surface area contributed by atoms with Gasteiger partial charge in [0, 0.05) is 24.2 Å². The van der Waals surface area contributed by atoms with Gasteiger partial charge in [-0.25, -0.2) is 0 Å². The molecule has 1 aromatic carbocycles. The van der Waals surface area contributed by atoms with E-state index in [0.717, 1.165) is 5.56 Å². The molecule has 7 heteroatoms. The van der Waals surface area contributed by atoms with Gasteiger partial charge in [0.1, 0.15) is 17.2 Å². The molecule has 6 nitrogen and oxygen atoms in total. The Hall–Kier alpha value is -1.66. The molecule has 0 aliphatic carbocycles. The molecule has 1 rings (SSSR count). The third kappa shape index (κ3) is 5.69. The number of ether oxygens (including phenoxy) is 3. The summed E-state index contributed by atoms with van der Waals surface area (Å²) in [5, 5.41) is 5.62. The Bertz CT molecular complexity index is 430. The maximum absolute atomic E-state index is 11.4. The SMILES string of the molecule is CNCC(=O)NCCc1c(OC)cc(OC)cc1OC.Cl. The maximum atomic E-state index is 11.4. The molecule has 0 aromatic heterocycles. The van der Waals surface area contributed by atoms with Crippen LogP contribution in [0.1, 0.15) is 5.56 Å². The predicted molar refractivity (Wildman–Crippen MR) is 84.0 cm³/mol. The Kier molecular flexibility index (Phi) is 9.32. The summed E-state index contributed by atoms with van der Waals surface area (Å²) < 4.78 is 15.9. The van der Waals surface area contributed by atoms with Crippen molar-refractivity contribution in [1.29, 1.82) is 0 Å². The van der Waals surface area contributed by atoms with Gasteiger partial charge in [-0.2, -0.15) is 0 Å². The number of carbonyl (C=O) groups is 1. The van der Waals surface area contributed by atoms with Crippen LogP contribution in [0, 0.1) is 0 Å². The smallest absolute Gasteiger partial charge is 0.233 e. The van der Waals surface area contributed by atoms with Crippen LogP contribution >= 0.6 is 12.4 Å². The highest BCUT2D eigenvalue weighted by Crippen LogP contribution is 2.34. The Morgan fingerprint density at radius 3 is 2.10 bits per heavy atom. The first-order chi connectivity index (χ1) is 9.65. The molecule has 0 heterocycles. The number of likely N-dealkylation sites (N-methyl/N-ethyl adjacent to an activating group) is 1. The molecule has 0 atom stereocenters. The van der Waals surface area contributed by atoms with Gasteiger partial charge in [0.25, 0.3) is 0 Å². The van der Waals surface area contributed by atoms with Gasteiger partial charge in [-0.3, -0.25) is 4.79 Å². The van der Waals surface area contributed by atoms with E-state index in [2.05, 4.69) is 10.6 Å². The third-order valence-electron chi connectivity index (χ3n) is 2.85. The predicted octanol–water partition coefficient (Wildman–Crippen LogP) is 1.01. The van der Waals surface area contributed by atoms with Crippen molar-refractivity contribution in [1.82, 2.24) is 10.6 Å². The first-order valence-electron chi connectivity index (χ1n) is 6.36. The van der Waals surface area contributed by atoms with Crippen molar-refractivity contribution in [3.8, 4) is 17.2 Å². The zero-order chi connectivity index (χ0) is 15.0. The monoisotopic (exact) mass is 318 g/mol. The lowest BCUT2D eigenvalue weighted by Crippen LogP contribution is -2.33. The Morgan fingerprint density at radius 2 is 1.67 bits per heavy atom. The van der Waals surface area contributed by atoms with Crippen LogP contribution in [0.15, 0.2) is 12.1 Å². The molecule has 0 aliphatic heterocycles. The second kappa shape index (κ2) is 10.1. The van der Waals surface area contributed by atoms with Crippen molar-refractivity contribution in [2.75, 3.05) is 41.5 Å². The van der Waals surface area contributed by atoms with E-state index >= 15 is 0 Å². The second-order valence-corrected chi connectivity index (χ2v) is 4.14. The number of benzene rings is 1. The molecule has 0 saturated heterocycles. The minimum absolute atomic E-state index is 0. The van der Waals surface area contributed by atoms with Crippen LogP contribution in [0.25, 0.3) is 0 Å². The normalized spacial score (nSPS) is 9.52. The highest BCUT2D eigenvalue weighted by atomic mass is 35.5. The van der Waals surface area contributed by atoms with E-state index in [1.165, 1.54) is 0 Å². The molecule has 21 heavy (non-hydrogen) atoms. The van der Waals surface area contributed by atoms with Crippen LogP contribution < -0.4 is 24.8 Å². The summed E-state index contributed by atoms with van der Waals surface area (Å²) in [6.45, 7) is 0.816. The minimum Gasteiger partial charge on any atom is -0.496 e. The highest BCUT2D eigenvalue weighted by Gasteiger charge is 2.13. The first kappa shape index (κ1) is 19.3. The zero-order valence-corrected chi connectivity index (χ0v) is 13.6. The standard InChI is InChI=1S/C14H22N2O4.ClH/c1-15-9-14(17)16-6-5-11-12(19-3)7-10(18-2)8-13(11)20-4;/h7-8,15H,5-6,9H2,1-4H3,(H,16,17);1H. The fourth-order valence-electron chi connectivity index (χ4n) is 1.87. The number of hydrogen-bond donors (Lipinski definition) is 2. The van der Waals surface area contributed by atoms with Crippen LogP contribution in [0.2, 0.25) is 0 Å². The van der Waals surface area contributed by atoms with Gasteiger partial charge in [-0.1, -0.05) is 0 Å². The molecule has 1 aromatic rings. The van der Waals surface area contributed by atoms with Crippen LogP contribution in [-0.4, -0.2) is 47.4 Å². The van der Waals surface area contributed by atoms with Crippen LogP contribution in [-0.2, 0) is 11.2 Å². The largest absolute Gasteiger partial charge is 0.496 e. The van der Waals surface area contributed by atoms with Crippen molar-refractivity contribution in [2.24, 2.45) is 0 Å². The van der Waals surface area contributed by atoms with E-state index in [1.54, 1.807) is 40.5 Å². The average Bonchev–Trinajstić information content (AvgIpc) is 2.47. The summed E-state index contributed by atoms with van der Waals surface area (Å²) in [6.07, 6.45) is 0.617. The van der Waals surface area contributed by atoms with Crippen molar-refractivity contribution >= 4 is 18.3 Å². The van der Waals surface area contributed by atoms with E-state index in [-0.39, 0.29) is 18.3 Å². The van der Waals surface area contributed by atoms with Gasteiger partial charge < -0.3 is 24.8 Å². The van der Waals surface area contributed by atoms with E-state index in [4.69, 9.17) is 14.2 Å². The summed E-state index contributed by atoms with van der Waals surface area (Å²) >= 11 is 0. The molecule has 2 N–H and O–H groups in total. The van der Waals surface area contributed by atoms with Crippen molar-refractivity contribution in [3.05, 3.63) is 17.7 Å². The van der Waals surface area contributed by atoms with Gasteiger partial charge in [0.15, 0.2) is 0 Å². The molecule has 120 valence electrons.